The lowest BCUT2D eigenvalue weighted by atomic mass is 9.99. The minimum atomic E-state index is 0.566. The van der Waals surface area contributed by atoms with Gasteiger partial charge in [0, 0.05) is 13.1 Å². The summed E-state index contributed by atoms with van der Waals surface area (Å²) in [5.74, 6) is 1.33. The van der Waals surface area contributed by atoms with Gasteiger partial charge in [0.05, 0.1) is 10.0 Å². The molecular weight excluding hydrogens is 295 g/mol. The molecule has 1 atom stereocenters. The second kappa shape index (κ2) is 8.08. The summed E-state index contributed by atoms with van der Waals surface area (Å²) in [6.45, 7) is 4.86. The average molecular weight is 317 g/mol. The number of halogens is 2. The first kappa shape index (κ1) is 15.9. The predicted octanol–water partition coefficient (Wildman–Crippen LogP) is 3.30. The van der Waals surface area contributed by atoms with Crippen LogP contribution in [-0.4, -0.2) is 44.7 Å². The van der Waals surface area contributed by atoms with Gasteiger partial charge >= 0.3 is 0 Å². The average Bonchev–Trinajstić information content (AvgIpc) is 2.43. The van der Waals surface area contributed by atoms with E-state index in [1.54, 1.807) is 12.1 Å². The van der Waals surface area contributed by atoms with Crippen LogP contribution in [0.1, 0.15) is 12.8 Å². The second-order valence-corrected chi connectivity index (χ2v) is 6.19. The number of rotatable bonds is 6. The van der Waals surface area contributed by atoms with E-state index in [0.29, 0.717) is 22.4 Å². The smallest absolute Gasteiger partial charge is 0.156 e. The SMILES string of the molecule is CN(CCOc1c(Cl)cccc1Cl)CC1CCCNC1. The Labute approximate surface area is 131 Å². The second-order valence-electron chi connectivity index (χ2n) is 5.37. The summed E-state index contributed by atoms with van der Waals surface area (Å²) in [6, 6.07) is 5.40. The van der Waals surface area contributed by atoms with E-state index in [4.69, 9.17) is 27.9 Å². The maximum absolute atomic E-state index is 6.07. The zero-order chi connectivity index (χ0) is 14.4. The van der Waals surface area contributed by atoms with Gasteiger partial charge in [-0.15, -0.1) is 0 Å². The van der Waals surface area contributed by atoms with Gasteiger partial charge in [-0.1, -0.05) is 29.3 Å². The molecule has 0 spiro atoms. The Kier molecular flexibility index (Phi) is 6.43. The van der Waals surface area contributed by atoms with Crippen LogP contribution in [0.3, 0.4) is 0 Å². The quantitative estimate of drug-likeness (QED) is 0.871. The van der Waals surface area contributed by atoms with Gasteiger partial charge in [-0.3, -0.25) is 0 Å². The molecule has 2 rings (SSSR count). The van der Waals surface area contributed by atoms with Crippen LogP contribution in [0.2, 0.25) is 10.0 Å². The summed E-state index contributed by atoms with van der Waals surface area (Å²) in [7, 11) is 2.13. The van der Waals surface area contributed by atoms with E-state index in [2.05, 4.69) is 17.3 Å². The third kappa shape index (κ3) is 4.81. The fraction of sp³-hybridized carbons (Fsp3) is 0.600. The molecule has 3 nitrogen and oxygen atoms in total. The van der Waals surface area contributed by atoms with Crippen LogP contribution in [0.5, 0.6) is 5.75 Å². The van der Waals surface area contributed by atoms with Gasteiger partial charge in [-0.05, 0) is 51.0 Å². The highest BCUT2D eigenvalue weighted by molar-refractivity contribution is 6.37. The van der Waals surface area contributed by atoms with Crippen molar-refractivity contribution in [2.75, 3.05) is 39.8 Å². The van der Waals surface area contributed by atoms with Crippen molar-refractivity contribution in [3.8, 4) is 5.75 Å². The normalized spacial score (nSPS) is 19.3. The number of hydrogen-bond donors (Lipinski definition) is 1. The third-order valence-electron chi connectivity index (χ3n) is 3.61. The molecule has 0 bridgehead atoms. The van der Waals surface area contributed by atoms with Crippen LogP contribution in [0.15, 0.2) is 18.2 Å². The number of nitrogens with zero attached hydrogens (tertiary/aromatic N) is 1. The Balaban J connectivity index is 1.72. The molecule has 1 N–H and O–H groups in total. The molecule has 20 heavy (non-hydrogen) atoms. The van der Waals surface area contributed by atoms with E-state index in [1.807, 2.05) is 6.07 Å². The number of benzene rings is 1. The number of para-hydroxylation sites is 1. The summed E-state index contributed by atoms with van der Waals surface area (Å²) >= 11 is 12.1. The Morgan fingerprint density at radius 3 is 2.75 bits per heavy atom. The number of nitrogens with one attached hydrogen (secondary N) is 1. The van der Waals surface area contributed by atoms with E-state index in [1.165, 1.54) is 12.8 Å². The van der Waals surface area contributed by atoms with Crippen molar-refractivity contribution in [2.24, 2.45) is 5.92 Å². The molecule has 1 unspecified atom stereocenters. The topological polar surface area (TPSA) is 24.5 Å². The Morgan fingerprint density at radius 1 is 1.35 bits per heavy atom. The maximum atomic E-state index is 6.07. The van der Waals surface area contributed by atoms with E-state index < -0.39 is 0 Å². The van der Waals surface area contributed by atoms with Gasteiger partial charge < -0.3 is 15.0 Å². The molecule has 0 saturated carbocycles. The third-order valence-corrected chi connectivity index (χ3v) is 4.20. The van der Waals surface area contributed by atoms with Crippen molar-refractivity contribution in [3.05, 3.63) is 28.2 Å². The van der Waals surface area contributed by atoms with Crippen LogP contribution in [0.4, 0.5) is 0 Å². The number of likely N-dealkylation sites (N-methyl/N-ethyl adjacent to an activating group) is 1. The lowest BCUT2D eigenvalue weighted by molar-refractivity contribution is 0.201. The minimum absolute atomic E-state index is 0.566. The van der Waals surface area contributed by atoms with Crippen LogP contribution in [-0.2, 0) is 0 Å². The summed E-state index contributed by atoms with van der Waals surface area (Å²) < 4.78 is 5.71. The van der Waals surface area contributed by atoms with Crippen LogP contribution in [0, 0.1) is 5.92 Å². The van der Waals surface area contributed by atoms with Gasteiger partial charge in [-0.2, -0.15) is 0 Å². The molecule has 0 aliphatic carbocycles. The Morgan fingerprint density at radius 2 is 2.10 bits per heavy atom. The molecule has 1 heterocycles. The molecule has 112 valence electrons. The highest BCUT2D eigenvalue weighted by Crippen LogP contribution is 2.32. The predicted molar refractivity (Wildman–Crippen MR) is 85.0 cm³/mol. The van der Waals surface area contributed by atoms with Crippen molar-refractivity contribution < 1.29 is 4.74 Å². The minimum Gasteiger partial charge on any atom is -0.489 e. The lowest BCUT2D eigenvalue weighted by Crippen LogP contribution is -2.38. The summed E-state index contributed by atoms with van der Waals surface area (Å²) in [5.41, 5.74) is 0. The highest BCUT2D eigenvalue weighted by atomic mass is 35.5. The number of piperidine rings is 1. The van der Waals surface area contributed by atoms with E-state index in [0.717, 1.165) is 32.1 Å². The highest BCUT2D eigenvalue weighted by Gasteiger charge is 2.15. The zero-order valence-electron chi connectivity index (χ0n) is 11.9. The first-order chi connectivity index (χ1) is 9.66. The molecule has 1 aromatic carbocycles. The van der Waals surface area contributed by atoms with Crippen molar-refractivity contribution in [2.45, 2.75) is 12.8 Å². The summed E-state index contributed by atoms with van der Waals surface area (Å²) in [4.78, 5) is 2.31. The molecule has 0 aromatic heterocycles. The standard InChI is InChI=1S/C15H22Cl2N2O/c1-19(11-12-4-3-7-18-10-12)8-9-20-15-13(16)5-2-6-14(15)17/h2,5-6,12,18H,3-4,7-11H2,1H3. The van der Waals surface area contributed by atoms with Crippen molar-refractivity contribution in [1.29, 1.82) is 0 Å². The fourth-order valence-electron chi connectivity index (χ4n) is 2.54. The molecule has 0 amide bonds. The van der Waals surface area contributed by atoms with E-state index in [-0.39, 0.29) is 0 Å². The van der Waals surface area contributed by atoms with Gasteiger partial charge in [-0.25, -0.2) is 0 Å². The van der Waals surface area contributed by atoms with Crippen LogP contribution < -0.4 is 10.1 Å². The molecule has 5 heteroatoms. The Bertz CT molecular complexity index is 402. The van der Waals surface area contributed by atoms with E-state index >= 15 is 0 Å². The van der Waals surface area contributed by atoms with Crippen molar-refractivity contribution in [3.63, 3.8) is 0 Å². The molecule has 1 aliphatic rings. The monoisotopic (exact) mass is 316 g/mol. The number of ether oxygens (including phenoxy) is 1. The molecule has 1 fully saturated rings. The fourth-order valence-corrected chi connectivity index (χ4v) is 3.04. The molecule has 1 aromatic rings. The van der Waals surface area contributed by atoms with E-state index in [9.17, 15) is 0 Å². The van der Waals surface area contributed by atoms with Gasteiger partial charge in [0.25, 0.3) is 0 Å². The first-order valence-electron chi connectivity index (χ1n) is 7.13. The van der Waals surface area contributed by atoms with Gasteiger partial charge in [0.2, 0.25) is 0 Å². The molecule has 0 radical (unpaired) electrons. The number of hydrogen-bond acceptors (Lipinski definition) is 3. The van der Waals surface area contributed by atoms with Gasteiger partial charge in [0.15, 0.2) is 5.75 Å². The lowest BCUT2D eigenvalue weighted by Gasteiger charge is -2.27. The van der Waals surface area contributed by atoms with Crippen LogP contribution in [0.25, 0.3) is 0 Å². The molecule has 1 aliphatic heterocycles. The van der Waals surface area contributed by atoms with Crippen molar-refractivity contribution >= 4 is 23.2 Å². The maximum Gasteiger partial charge on any atom is 0.156 e. The van der Waals surface area contributed by atoms with Crippen LogP contribution >= 0.6 is 23.2 Å². The molecular formula is C15H22Cl2N2O. The first-order valence-corrected chi connectivity index (χ1v) is 7.88. The van der Waals surface area contributed by atoms with Gasteiger partial charge in [0.1, 0.15) is 6.61 Å². The molecule has 1 saturated heterocycles. The largest absolute Gasteiger partial charge is 0.489 e. The summed E-state index contributed by atoms with van der Waals surface area (Å²) in [5, 5.41) is 4.58. The zero-order valence-corrected chi connectivity index (χ0v) is 13.4. The summed E-state index contributed by atoms with van der Waals surface area (Å²) in [6.07, 6.45) is 2.60. The Hall–Kier alpha value is -0.480. The van der Waals surface area contributed by atoms with Crippen molar-refractivity contribution in [1.82, 2.24) is 10.2 Å².